The van der Waals surface area contributed by atoms with Crippen molar-refractivity contribution in [1.82, 2.24) is 9.97 Å². The van der Waals surface area contributed by atoms with Gasteiger partial charge in [0.1, 0.15) is 5.15 Å². The number of anilines is 2. The lowest BCUT2D eigenvalue weighted by molar-refractivity contribution is -0.120. The van der Waals surface area contributed by atoms with Crippen LogP contribution in [0, 0.1) is 5.92 Å². The number of nitrogens with two attached hydrogens (primary N) is 1. The van der Waals surface area contributed by atoms with Crippen LogP contribution in [-0.2, 0) is 4.79 Å². The summed E-state index contributed by atoms with van der Waals surface area (Å²) in [6.45, 7) is 0. The van der Waals surface area contributed by atoms with E-state index in [4.69, 9.17) is 17.3 Å². The maximum absolute atomic E-state index is 12.3. The zero-order valence-corrected chi connectivity index (χ0v) is 12.4. The van der Waals surface area contributed by atoms with Crippen LogP contribution in [0.5, 0.6) is 0 Å². The van der Waals surface area contributed by atoms with Crippen LogP contribution in [0.15, 0.2) is 18.5 Å². The van der Waals surface area contributed by atoms with Crippen LogP contribution in [0.3, 0.4) is 0 Å². The average Bonchev–Trinajstić information content (AvgIpc) is 2.51. The van der Waals surface area contributed by atoms with Crippen LogP contribution in [0.25, 0.3) is 10.8 Å². The van der Waals surface area contributed by atoms with Gasteiger partial charge in [-0.25, -0.2) is 9.97 Å². The first-order valence-electron chi connectivity index (χ1n) is 7.16. The van der Waals surface area contributed by atoms with Gasteiger partial charge in [-0.2, -0.15) is 0 Å². The minimum absolute atomic E-state index is 0.00778. The number of pyridine rings is 2. The Hall–Kier alpha value is -1.88. The fourth-order valence-electron chi connectivity index (χ4n) is 2.79. The maximum atomic E-state index is 12.3. The minimum atomic E-state index is 0.00778. The highest BCUT2D eigenvalue weighted by Crippen LogP contribution is 2.29. The number of aromatic nitrogens is 2. The van der Waals surface area contributed by atoms with Crippen LogP contribution in [0.1, 0.15) is 32.1 Å². The number of rotatable bonds is 2. The summed E-state index contributed by atoms with van der Waals surface area (Å²) < 4.78 is 0. The van der Waals surface area contributed by atoms with E-state index in [2.05, 4.69) is 15.3 Å². The summed E-state index contributed by atoms with van der Waals surface area (Å²) in [4.78, 5) is 20.5. The van der Waals surface area contributed by atoms with Crippen LogP contribution in [0.4, 0.5) is 11.5 Å². The smallest absolute Gasteiger partial charge is 0.228 e. The molecule has 5 nitrogen and oxygen atoms in total. The molecule has 1 amide bonds. The third-order valence-corrected chi connectivity index (χ3v) is 4.20. The number of nitrogens with zero attached hydrogens (tertiary/aromatic N) is 2. The van der Waals surface area contributed by atoms with E-state index in [0.717, 1.165) is 36.5 Å². The Morgan fingerprint density at radius 3 is 2.71 bits per heavy atom. The molecule has 1 fully saturated rings. The highest BCUT2D eigenvalue weighted by atomic mass is 35.5. The number of fused-ring (bicyclic) bond motifs is 1. The molecular weight excluding hydrogens is 288 g/mol. The van der Waals surface area contributed by atoms with Crippen molar-refractivity contribution < 1.29 is 4.79 Å². The second kappa shape index (κ2) is 5.85. The van der Waals surface area contributed by atoms with Gasteiger partial charge in [0.05, 0.1) is 5.69 Å². The van der Waals surface area contributed by atoms with Gasteiger partial charge in [0.2, 0.25) is 5.91 Å². The number of carbonyl (C=O) groups is 1. The number of carbonyl (C=O) groups excluding carboxylic acids is 1. The predicted octanol–water partition coefficient (Wildman–Crippen LogP) is 3.38. The lowest BCUT2D eigenvalue weighted by Gasteiger charge is -2.21. The second-order valence-electron chi connectivity index (χ2n) is 5.44. The monoisotopic (exact) mass is 304 g/mol. The fourth-order valence-corrected chi connectivity index (χ4v) is 2.95. The molecule has 2 heterocycles. The molecular formula is C15H17ClN4O. The van der Waals surface area contributed by atoms with Crippen molar-refractivity contribution in [3.8, 4) is 0 Å². The van der Waals surface area contributed by atoms with Gasteiger partial charge in [-0.1, -0.05) is 30.9 Å². The van der Waals surface area contributed by atoms with Gasteiger partial charge in [-0.15, -0.1) is 0 Å². The molecule has 3 rings (SSSR count). The van der Waals surface area contributed by atoms with Crippen LogP contribution >= 0.6 is 11.6 Å². The highest BCUT2D eigenvalue weighted by molar-refractivity contribution is 6.30. The first kappa shape index (κ1) is 14.1. The summed E-state index contributed by atoms with van der Waals surface area (Å²) in [6.07, 6.45) is 8.58. The lowest BCUT2D eigenvalue weighted by atomic mass is 9.89. The SMILES string of the molecule is Nc1c(NC(=O)C2CCCCC2)ncc2cnc(Cl)cc12. The van der Waals surface area contributed by atoms with Crippen molar-refractivity contribution in [2.45, 2.75) is 32.1 Å². The summed E-state index contributed by atoms with van der Waals surface area (Å²) >= 11 is 5.90. The highest BCUT2D eigenvalue weighted by Gasteiger charge is 2.22. The molecule has 1 saturated carbocycles. The van der Waals surface area contributed by atoms with Crippen molar-refractivity contribution >= 4 is 39.8 Å². The van der Waals surface area contributed by atoms with Crippen molar-refractivity contribution in [2.75, 3.05) is 11.1 Å². The van der Waals surface area contributed by atoms with Gasteiger partial charge in [0.25, 0.3) is 0 Å². The molecule has 0 aromatic carbocycles. The van der Waals surface area contributed by atoms with E-state index in [1.54, 1.807) is 18.5 Å². The number of hydrogen-bond acceptors (Lipinski definition) is 4. The molecule has 21 heavy (non-hydrogen) atoms. The Morgan fingerprint density at radius 2 is 1.95 bits per heavy atom. The lowest BCUT2D eigenvalue weighted by Crippen LogP contribution is -2.25. The number of nitrogens with one attached hydrogen (secondary N) is 1. The summed E-state index contributed by atoms with van der Waals surface area (Å²) in [5, 5.41) is 4.77. The first-order valence-corrected chi connectivity index (χ1v) is 7.53. The Morgan fingerprint density at radius 1 is 1.24 bits per heavy atom. The van der Waals surface area contributed by atoms with E-state index in [1.807, 2.05) is 0 Å². The quantitative estimate of drug-likeness (QED) is 0.833. The molecule has 0 saturated heterocycles. The van der Waals surface area contributed by atoms with Gasteiger partial charge in [-0.3, -0.25) is 4.79 Å². The molecule has 0 atom stereocenters. The van der Waals surface area contributed by atoms with Crippen LogP contribution in [-0.4, -0.2) is 15.9 Å². The molecule has 3 N–H and O–H groups in total. The van der Waals surface area contributed by atoms with Gasteiger partial charge in [0, 0.05) is 29.1 Å². The Labute approximate surface area is 127 Å². The van der Waals surface area contributed by atoms with E-state index in [1.165, 1.54) is 6.42 Å². The van der Waals surface area contributed by atoms with E-state index in [-0.39, 0.29) is 11.8 Å². The Balaban J connectivity index is 1.86. The van der Waals surface area contributed by atoms with Gasteiger partial charge in [-0.05, 0) is 18.9 Å². The third kappa shape index (κ3) is 2.93. The standard InChI is InChI=1S/C15H17ClN4O/c16-12-6-11-10(7-18-12)8-19-14(13(11)17)20-15(21)9-4-2-1-3-5-9/h6-9H,1-5,17H2,(H,19,20,21). The van der Waals surface area contributed by atoms with E-state index in [0.29, 0.717) is 16.7 Å². The zero-order valence-electron chi connectivity index (χ0n) is 11.6. The maximum Gasteiger partial charge on any atom is 0.228 e. The summed E-state index contributed by atoms with van der Waals surface area (Å²) in [6, 6.07) is 1.68. The molecule has 0 spiro atoms. The van der Waals surface area contributed by atoms with Crippen LogP contribution < -0.4 is 11.1 Å². The number of hydrogen-bond donors (Lipinski definition) is 2. The molecule has 0 aliphatic heterocycles. The topological polar surface area (TPSA) is 80.9 Å². The van der Waals surface area contributed by atoms with Gasteiger partial charge >= 0.3 is 0 Å². The van der Waals surface area contributed by atoms with Crippen LogP contribution in [0.2, 0.25) is 5.15 Å². The van der Waals surface area contributed by atoms with Gasteiger partial charge < -0.3 is 11.1 Å². The molecule has 1 aliphatic rings. The van der Waals surface area contributed by atoms with Crippen molar-refractivity contribution in [3.05, 3.63) is 23.6 Å². The molecule has 0 radical (unpaired) electrons. The molecule has 1 aliphatic carbocycles. The third-order valence-electron chi connectivity index (χ3n) is 4.00. The number of amides is 1. The van der Waals surface area contributed by atoms with Crippen molar-refractivity contribution in [2.24, 2.45) is 5.92 Å². The molecule has 2 aromatic rings. The predicted molar refractivity (Wildman–Crippen MR) is 84.2 cm³/mol. The molecule has 110 valence electrons. The Kier molecular flexibility index (Phi) is 3.92. The minimum Gasteiger partial charge on any atom is -0.395 e. The normalized spacial score (nSPS) is 16.0. The van der Waals surface area contributed by atoms with Crippen molar-refractivity contribution in [3.63, 3.8) is 0 Å². The number of nitrogen functional groups attached to an aromatic ring is 1. The summed E-state index contributed by atoms with van der Waals surface area (Å²) in [5.74, 6) is 0.477. The van der Waals surface area contributed by atoms with E-state index >= 15 is 0 Å². The fraction of sp³-hybridized carbons (Fsp3) is 0.400. The van der Waals surface area contributed by atoms with Gasteiger partial charge in [0.15, 0.2) is 5.82 Å². The first-order chi connectivity index (χ1) is 10.1. The molecule has 0 bridgehead atoms. The summed E-state index contributed by atoms with van der Waals surface area (Å²) in [5.41, 5.74) is 6.53. The average molecular weight is 305 g/mol. The Bertz CT molecular complexity index is 683. The largest absolute Gasteiger partial charge is 0.395 e. The zero-order chi connectivity index (χ0) is 14.8. The van der Waals surface area contributed by atoms with Crippen molar-refractivity contribution in [1.29, 1.82) is 0 Å². The molecule has 6 heteroatoms. The van der Waals surface area contributed by atoms with E-state index in [9.17, 15) is 4.79 Å². The second-order valence-corrected chi connectivity index (χ2v) is 5.83. The molecule has 2 aromatic heterocycles. The number of halogens is 1. The van der Waals surface area contributed by atoms with E-state index < -0.39 is 0 Å². The summed E-state index contributed by atoms with van der Waals surface area (Å²) in [7, 11) is 0. The molecule has 0 unspecified atom stereocenters.